The second kappa shape index (κ2) is 5.56. The number of aryl methyl sites for hydroxylation is 2. The third-order valence-corrected chi connectivity index (χ3v) is 3.82. The second-order valence-electron chi connectivity index (χ2n) is 5.40. The smallest absolute Gasteiger partial charge is 0.335 e. The minimum Gasteiger partial charge on any atom is -0.478 e. The number of aromatic carboxylic acids is 1. The van der Waals surface area contributed by atoms with Crippen LogP contribution in [0.2, 0.25) is 0 Å². The van der Waals surface area contributed by atoms with Crippen LogP contribution in [0.3, 0.4) is 0 Å². The molecule has 3 rings (SSSR count). The number of nitrogens with zero attached hydrogens (tertiary/aromatic N) is 2. The molecule has 21 heavy (non-hydrogen) atoms. The first kappa shape index (κ1) is 13.6. The molecule has 1 aromatic carbocycles. The highest BCUT2D eigenvalue weighted by Gasteiger charge is 2.19. The van der Waals surface area contributed by atoms with Crippen molar-refractivity contribution in [1.82, 2.24) is 4.98 Å². The Balaban J connectivity index is 2.09. The second-order valence-corrected chi connectivity index (χ2v) is 5.40. The number of carboxylic acids is 1. The van der Waals surface area contributed by atoms with Crippen LogP contribution < -0.4 is 4.90 Å². The zero-order valence-electron chi connectivity index (χ0n) is 12.0. The molecule has 0 unspecified atom stereocenters. The number of hydrogen-bond donors (Lipinski definition) is 1. The van der Waals surface area contributed by atoms with Crippen LogP contribution in [0.5, 0.6) is 0 Å². The molecule has 4 heteroatoms. The van der Waals surface area contributed by atoms with E-state index in [4.69, 9.17) is 0 Å². The monoisotopic (exact) mass is 282 g/mol. The van der Waals surface area contributed by atoms with Crippen molar-refractivity contribution in [3.8, 4) is 0 Å². The van der Waals surface area contributed by atoms with Crippen molar-refractivity contribution in [2.24, 2.45) is 0 Å². The summed E-state index contributed by atoms with van der Waals surface area (Å²) in [5.41, 5.74) is 3.46. The van der Waals surface area contributed by atoms with Crippen molar-refractivity contribution in [2.75, 3.05) is 11.4 Å². The number of carbonyl (C=O) groups is 1. The van der Waals surface area contributed by atoms with Gasteiger partial charge in [0.15, 0.2) is 0 Å². The highest BCUT2D eigenvalue weighted by Crippen LogP contribution is 2.32. The topological polar surface area (TPSA) is 53.4 Å². The molecule has 4 nitrogen and oxygen atoms in total. The summed E-state index contributed by atoms with van der Waals surface area (Å²) < 4.78 is 0. The summed E-state index contributed by atoms with van der Waals surface area (Å²) in [6.07, 6.45) is 3.28. The number of hydrogen-bond acceptors (Lipinski definition) is 3. The van der Waals surface area contributed by atoms with Gasteiger partial charge in [0.1, 0.15) is 5.82 Å². The van der Waals surface area contributed by atoms with Crippen LogP contribution in [-0.4, -0.2) is 22.6 Å². The summed E-state index contributed by atoms with van der Waals surface area (Å²) in [6.45, 7) is 2.70. The quantitative estimate of drug-likeness (QED) is 0.915. The molecule has 0 saturated heterocycles. The Kier molecular flexibility index (Phi) is 3.60. The summed E-state index contributed by atoms with van der Waals surface area (Å²) in [7, 11) is 0. The lowest BCUT2D eigenvalue weighted by Gasteiger charge is -2.24. The van der Waals surface area contributed by atoms with E-state index in [1.807, 2.05) is 13.0 Å². The van der Waals surface area contributed by atoms with E-state index in [-0.39, 0.29) is 0 Å². The Labute approximate surface area is 124 Å². The van der Waals surface area contributed by atoms with Gasteiger partial charge in [-0.25, -0.2) is 9.78 Å². The molecular formula is C17H18N2O2. The molecule has 0 aliphatic carbocycles. The van der Waals surface area contributed by atoms with Crippen LogP contribution in [0.15, 0.2) is 36.4 Å². The first-order chi connectivity index (χ1) is 10.1. The zero-order valence-corrected chi connectivity index (χ0v) is 12.0. The minimum absolute atomic E-state index is 0.291. The highest BCUT2D eigenvalue weighted by atomic mass is 16.4. The molecule has 108 valence electrons. The summed E-state index contributed by atoms with van der Waals surface area (Å²) in [5.74, 6) is -0.188. The van der Waals surface area contributed by atoms with Gasteiger partial charge in [0, 0.05) is 17.9 Å². The first-order valence-corrected chi connectivity index (χ1v) is 7.22. The number of aromatic nitrogens is 1. The average Bonchev–Trinajstić information content (AvgIpc) is 2.69. The normalized spacial score (nSPS) is 14.4. The largest absolute Gasteiger partial charge is 0.478 e. The maximum absolute atomic E-state index is 11.3. The molecule has 2 aromatic rings. The molecule has 1 aliphatic heterocycles. The van der Waals surface area contributed by atoms with Crippen molar-refractivity contribution in [3.63, 3.8) is 0 Å². The standard InChI is InChI=1S/C17H18N2O2/c1-12-10-14(17(20)21)11-16(18-12)19-9-5-4-7-13-6-2-3-8-15(13)19/h2-3,6,8,10-11H,4-5,7,9H2,1H3,(H,20,21). The van der Waals surface area contributed by atoms with Crippen LogP contribution in [0.1, 0.15) is 34.5 Å². The Morgan fingerprint density at radius 2 is 2.05 bits per heavy atom. The Morgan fingerprint density at radius 3 is 2.86 bits per heavy atom. The minimum atomic E-state index is -0.912. The van der Waals surface area contributed by atoms with Crippen LogP contribution in [0.4, 0.5) is 11.5 Å². The lowest BCUT2D eigenvalue weighted by Crippen LogP contribution is -2.20. The van der Waals surface area contributed by atoms with E-state index in [0.29, 0.717) is 5.56 Å². The van der Waals surface area contributed by atoms with Gasteiger partial charge in [-0.3, -0.25) is 0 Å². The number of fused-ring (bicyclic) bond motifs is 1. The van der Waals surface area contributed by atoms with Gasteiger partial charge in [-0.2, -0.15) is 0 Å². The third-order valence-electron chi connectivity index (χ3n) is 3.82. The van der Waals surface area contributed by atoms with Crippen LogP contribution in [-0.2, 0) is 6.42 Å². The predicted molar refractivity (Wildman–Crippen MR) is 82.3 cm³/mol. The Hall–Kier alpha value is -2.36. The van der Waals surface area contributed by atoms with Gasteiger partial charge >= 0.3 is 5.97 Å². The van der Waals surface area contributed by atoms with Gasteiger partial charge in [0.2, 0.25) is 0 Å². The van der Waals surface area contributed by atoms with E-state index in [2.05, 4.69) is 28.1 Å². The molecule has 1 N–H and O–H groups in total. The molecule has 0 saturated carbocycles. The molecule has 0 fully saturated rings. The van der Waals surface area contributed by atoms with E-state index in [9.17, 15) is 9.90 Å². The van der Waals surface area contributed by atoms with Crippen LogP contribution in [0, 0.1) is 6.92 Å². The summed E-state index contributed by atoms with van der Waals surface area (Å²) in [5, 5.41) is 9.24. The molecule has 0 atom stereocenters. The molecule has 0 bridgehead atoms. The molecular weight excluding hydrogens is 264 g/mol. The van der Waals surface area contributed by atoms with Crippen molar-refractivity contribution in [2.45, 2.75) is 26.2 Å². The fourth-order valence-corrected chi connectivity index (χ4v) is 2.84. The fourth-order valence-electron chi connectivity index (χ4n) is 2.84. The maximum Gasteiger partial charge on any atom is 0.335 e. The van der Waals surface area contributed by atoms with Crippen molar-refractivity contribution in [3.05, 3.63) is 53.2 Å². The van der Waals surface area contributed by atoms with Gasteiger partial charge in [0.05, 0.1) is 5.56 Å². The Morgan fingerprint density at radius 1 is 1.24 bits per heavy atom. The molecule has 2 heterocycles. The molecule has 1 aliphatic rings. The van der Waals surface area contributed by atoms with Gasteiger partial charge in [-0.15, -0.1) is 0 Å². The van der Waals surface area contributed by atoms with E-state index in [1.165, 1.54) is 5.56 Å². The molecule has 0 amide bonds. The van der Waals surface area contributed by atoms with Crippen molar-refractivity contribution < 1.29 is 9.90 Å². The number of rotatable bonds is 2. The van der Waals surface area contributed by atoms with Gasteiger partial charge in [-0.1, -0.05) is 18.2 Å². The van der Waals surface area contributed by atoms with Gasteiger partial charge < -0.3 is 10.0 Å². The van der Waals surface area contributed by atoms with Gasteiger partial charge in [0.25, 0.3) is 0 Å². The van der Waals surface area contributed by atoms with Crippen LogP contribution >= 0.6 is 0 Å². The number of pyridine rings is 1. The first-order valence-electron chi connectivity index (χ1n) is 7.22. The van der Waals surface area contributed by atoms with E-state index in [1.54, 1.807) is 12.1 Å². The highest BCUT2D eigenvalue weighted by molar-refractivity contribution is 5.89. The number of para-hydroxylation sites is 1. The van der Waals surface area contributed by atoms with Crippen molar-refractivity contribution >= 4 is 17.5 Å². The van der Waals surface area contributed by atoms with Crippen LogP contribution in [0.25, 0.3) is 0 Å². The van der Waals surface area contributed by atoms with E-state index in [0.717, 1.165) is 43.0 Å². The SMILES string of the molecule is Cc1cc(C(=O)O)cc(N2CCCCc3ccccc32)n1. The maximum atomic E-state index is 11.3. The number of carboxylic acid groups (broad SMARTS) is 1. The summed E-state index contributed by atoms with van der Waals surface area (Å²) in [4.78, 5) is 17.9. The number of benzene rings is 1. The van der Waals surface area contributed by atoms with E-state index >= 15 is 0 Å². The Bertz CT molecular complexity index is 682. The summed E-state index contributed by atoms with van der Waals surface area (Å²) in [6, 6.07) is 11.6. The lowest BCUT2D eigenvalue weighted by atomic mass is 10.1. The molecule has 0 radical (unpaired) electrons. The van der Waals surface area contributed by atoms with Crippen molar-refractivity contribution in [1.29, 1.82) is 0 Å². The number of anilines is 2. The summed E-state index contributed by atoms with van der Waals surface area (Å²) >= 11 is 0. The molecule has 0 spiro atoms. The van der Waals surface area contributed by atoms with Gasteiger partial charge in [-0.05, 0) is 49.9 Å². The zero-order chi connectivity index (χ0) is 14.8. The molecule has 1 aromatic heterocycles. The fraction of sp³-hybridized carbons (Fsp3) is 0.294. The third kappa shape index (κ3) is 2.75. The lowest BCUT2D eigenvalue weighted by molar-refractivity contribution is 0.0696. The predicted octanol–water partition coefficient (Wildman–Crippen LogP) is 3.56. The van der Waals surface area contributed by atoms with E-state index < -0.39 is 5.97 Å². The average molecular weight is 282 g/mol.